The van der Waals surface area contributed by atoms with Gasteiger partial charge in [0.15, 0.2) is 12.2 Å². The number of phosphoric acid groups is 2. The summed E-state index contributed by atoms with van der Waals surface area (Å²) in [4.78, 5) is 72.8. The van der Waals surface area contributed by atoms with E-state index in [4.69, 9.17) is 37.0 Å². The lowest BCUT2D eigenvalue weighted by molar-refractivity contribution is -0.161. The molecule has 0 aliphatic rings. The summed E-state index contributed by atoms with van der Waals surface area (Å²) in [7, 11) is -10.0. The Hall–Kier alpha value is -5.32. The molecule has 0 amide bonds. The van der Waals surface area contributed by atoms with E-state index in [1.165, 1.54) is 64.2 Å². The second kappa shape index (κ2) is 74.0. The fourth-order valence-corrected chi connectivity index (χ4v) is 11.3. The van der Waals surface area contributed by atoms with Gasteiger partial charge in [-0.15, -0.1) is 0 Å². The first-order valence-electron chi connectivity index (χ1n) is 38.7. The molecule has 0 bridgehead atoms. The van der Waals surface area contributed by atoms with Gasteiger partial charge in [-0.25, -0.2) is 9.13 Å². The number of esters is 4. The molecule has 17 nitrogen and oxygen atoms in total. The van der Waals surface area contributed by atoms with E-state index in [0.717, 1.165) is 128 Å². The largest absolute Gasteiger partial charge is 0.472 e. The molecule has 0 aromatic rings. The van der Waals surface area contributed by atoms with Crippen molar-refractivity contribution in [3.8, 4) is 0 Å². The van der Waals surface area contributed by atoms with Crippen molar-refractivity contribution >= 4 is 39.5 Å². The van der Waals surface area contributed by atoms with Crippen molar-refractivity contribution in [1.29, 1.82) is 0 Å². The Morgan fingerprint density at radius 1 is 0.284 bits per heavy atom. The highest BCUT2D eigenvalue weighted by molar-refractivity contribution is 7.47. The van der Waals surface area contributed by atoms with Crippen LogP contribution in [0.15, 0.2) is 158 Å². The molecule has 3 N–H and O–H groups in total. The summed E-state index contributed by atoms with van der Waals surface area (Å²) < 4.78 is 68.3. The fourth-order valence-electron chi connectivity index (χ4n) is 9.68. The molecule has 0 saturated heterocycles. The van der Waals surface area contributed by atoms with E-state index in [1.54, 1.807) is 0 Å². The van der Waals surface area contributed by atoms with E-state index >= 15 is 0 Å². The van der Waals surface area contributed by atoms with Gasteiger partial charge in [0.2, 0.25) is 0 Å². The first-order valence-corrected chi connectivity index (χ1v) is 41.7. The summed E-state index contributed by atoms with van der Waals surface area (Å²) in [5, 5.41) is 10.6. The number of ether oxygens (including phenoxy) is 4. The number of hydrogen-bond acceptors (Lipinski definition) is 15. The van der Waals surface area contributed by atoms with Gasteiger partial charge in [-0.05, 0) is 128 Å². The molecule has 0 radical (unpaired) electrons. The number of phosphoric ester groups is 2. The molecule has 0 rings (SSSR count). The van der Waals surface area contributed by atoms with Gasteiger partial charge < -0.3 is 33.8 Å². The molecule has 19 heteroatoms. The van der Waals surface area contributed by atoms with Gasteiger partial charge in [0.25, 0.3) is 0 Å². The number of aliphatic hydroxyl groups excluding tert-OH is 1. The van der Waals surface area contributed by atoms with Gasteiger partial charge in [0, 0.05) is 25.7 Å². The zero-order valence-electron chi connectivity index (χ0n) is 63.2. The van der Waals surface area contributed by atoms with E-state index in [0.29, 0.717) is 38.5 Å². The Morgan fingerprint density at radius 3 is 0.873 bits per heavy atom. The normalized spacial score (nSPS) is 14.8. The standard InChI is InChI=1S/C83H136O17P2/c1-5-9-13-17-21-25-29-32-34-36-38-40-42-45-49-52-56-60-64-68-81(86)94-74-79(100-83(88)70-66-62-58-54-50-46-43-41-39-37-35-33-30-26-22-18-14-10-6-2)76-98-102(91,92)96-72-77(84)71-95-101(89,90)97-75-78(99-82(87)69-65-61-57-53-47-28-24-20-16-12-8-4)73-93-80(85)67-63-59-55-51-48-44-31-27-23-19-15-11-7-3/h9-10,13-14,21-22,25-27,31-35,38-41,45-46,49-50,56,58,60,62,77-79,84H,5-8,11-12,15-20,23-24,28-30,36-37,42-44,47-48,51-55,57,59,61,63-76H2,1-4H3,(H,89,90)(H,91,92)/b13-9-,14-10-,25-21-,26-22-,31-27-,34-32-,35-33-,40-38-,41-39-,49-45-,50-46-,60-56-,62-58-. The summed E-state index contributed by atoms with van der Waals surface area (Å²) in [5.41, 5.74) is 0. The molecule has 0 heterocycles. The molecule has 5 atom stereocenters. The van der Waals surface area contributed by atoms with Gasteiger partial charge in [-0.3, -0.25) is 37.3 Å². The average Bonchev–Trinajstić information content (AvgIpc) is 0.940. The maximum Gasteiger partial charge on any atom is 0.472 e. The van der Waals surface area contributed by atoms with E-state index in [2.05, 4.69) is 149 Å². The van der Waals surface area contributed by atoms with Crippen molar-refractivity contribution in [2.75, 3.05) is 39.6 Å². The van der Waals surface area contributed by atoms with Crippen LogP contribution >= 0.6 is 15.6 Å². The molecular weight excluding hydrogens is 1330 g/mol. The van der Waals surface area contributed by atoms with Crippen molar-refractivity contribution in [2.45, 2.75) is 303 Å². The predicted molar refractivity (Wildman–Crippen MR) is 417 cm³/mol. The van der Waals surface area contributed by atoms with Crippen molar-refractivity contribution < 1.29 is 80.2 Å². The lowest BCUT2D eigenvalue weighted by Gasteiger charge is -2.21. The SMILES string of the molecule is CC/C=C\C/C=C\C/C=C\C/C=C\C/C=C\C/C=C\CCC(=O)OCC(COP(=O)(O)OCC(O)COP(=O)(O)OCC(COC(=O)CCCCCCC/C=C\CCCCCC)OC(=O)CCCCCCCCCCCCC)OC(=O)CC/C=C\C/C=C\C/C=C\C/C=C\C/C=C\C/C=C\CC. The summed E-state index contributed by atoms with van der Waals surface area (Å²) in [5.74, 6) is -2.39. The molecule has 102 heavy (non-hydrogen) atoms. The van der Waals surface area contributed by atoms with Crippen LogP contribution in [0, 0.1) is 0 Å². The number of carbonyl (C=O) groups is 4. The highest BCUT2D eigenvalue weighted by Gasteiger charge is 2.30. The second-order valence-corrected chi connectivity index (χ2v) is 28.1. The van der Waals surface area contributed by atoms with Crippen molar-refractivity contribution in [2.24, 2.45) is 0 Å². The molecule has 0 spiro atoms. The molecular formula is C83H136O17P2. The first kappa shape index (κ1) is 96.7. The lowest BCUT2D eigenvalue weighted by Crippen LogP contribution is -2.30. The van der Waals surface area contributed by atoms with Gasteiger partial charge in [0.05, 0.1) is 26.4 Å². The Balaban J connectivity index is 5.50. The van der Waals surface area contributed by atoms with E-state index in [9.17, 15) is 43.2 Å². The molecule has 5 unspecified atom stereocenters. The highest BCUT2D eigenvalue weighted by atomic mass is 31.2. The number of aliphatic hydroxyl groups is 1. The molecule has 0 aliphatic heterocycles. The Morgan fingerprint density at radius 2 is 0.529 bits per heavy atom. The Kier molecular flexibility index (Phi) is 70.1. The lowest BCUT2D eigenvalue weighted by atomic mass is 10.1. The predicted octanol–water partition coefficient (Wildman–Crippen LogP) is 22.4. The van der Waals surface area contributed by atoms with E-state index < -0.39 is 97.5 Å². The van der Waals surface area contributed by atoms with Gasteiger partial charge in [0.1, 0.15) is 19.3 Å². The molecule has 0 aromatic heterocycles. The van der Waals surface area contributed by atoms with Crippen molar-refractivity contribution in [3.63, 3.8) is 0 Å². The van der Waals surface area contributed by atoms with E-state index in [-0.39, 0.29) is 25.7 Å². The van der Waals surface area contributed by atoms with Crippen LogP contribution in [-0.4, -0.2) is 96.7 Å². The summed E-state index contributed by atoms with van der Waals surface area (Å²) >= 11 is 0. The molecule has 0 aliphatic carbocycles. The average molecular weight is 1470 g/mol. The summed E-state index contributed by atoms with van der Waals surface area (Å²) in [6, 6.07) is 0. The Bertz CT molecular complexity index is 2550. The minimum atomic E-state index is -5.02. The Labute approximate surface area is 617 Å². The van der Waals surface area contributed by atoms with Crippen LogP contribution in [0.1, 0.15) is 285 Å². The number of allylic oxidation sites excluding steroid dienone is 26. The molecule has 0 saturated carbocycles. The number of hydrogen-bond donors (Lipinski definition) is 3. The molecule has 580 valence electrons. The number of carbonyl (C=O) groups excluding carboxylic acids is 4. The quantitative estimate of drug-likeness (QED) is 0.0169. The van der Waals surface area contributed by atoms with Crippen LogP contribution in [0.3, 0.4) is 0 Å². The minimum Gasteiger partial charge on any atom is -0.462 e. The van der Waals surface area contributed by atoms with Gasteiger partial charge in [-0.1, -0.05) is 288 Å². The molecule has 0 fully saturated rings. The third-order valence-electron chi connectivity index (χ3n) is 15.5. The molecule has 0 aromatic carbocycles. The first-order chi connectivity index (χ1) is 49.7. The number of rotatable bonds is 71. The maximum absolute atomic E-state index is 13.1. The monoisotopic (exact) mass is 1470 g/mol. The second-order valence-electron chi connectivity index (χ2n) is 25.2. The van der Waals surface area contributed by atoms with Crippen molar-refractivity contribution in [1.82, 2.24) is 0 Å². The maximum atomic E-state index is 13.1. The zero-order chi connectivity index (χ0) is 74.6. The summed E-state index contributed by atoms with van der Waals surface area (Å²) in [6.07, 6.45) is 85.6. The smallest absolute Gasteiger partial charge is 0.462 e. The van der Waals surface area contributed by atoms with Crippen LogP contribution in [0.2, 0.25) is 0 Å². The van der Waals surface area contributed by atoms with Crippen LogP contribution in [0.25, 0.3) is 0 Å². The van der Waals surface area contributed by atoms with Crippen LogP contribution in [0.4, 0.5) is 0 Å². The topological polar surface area (TPSA) is 237 Å². The fraction of sp³-hybridized carbons (Fsp3) is 0.639. The highest BCUT2D eigenvalue weighted by Crippen LogP contribution is 2.45. The van der Waals surface area contributed by atoms with Gasteiger partial charge in [-0.2, -0.15) is 0 Å². The third-order valence-corrected chi connectivity index (χ3v) is 17.4. The van der Waals surface area contributed by atoms with Crippen LogP contribution in [0.5, 0.6) is 0 Å². The van der Waals surface area contributed by atoms with Crippen molar-refractivity contribution in [3.05, 3.63) is 158 Å². The number of unbranched alkanes of at least 4 members (excludes halogenated alkanes) is 19. The van der Waals surface area contributed by atoms with E-state index in [1.807, 2.05) is 36.5 Å². The summed E-state index contributed by atoms with van der Waals surface area (Å²) in [6.45, 7) is 4.42. The van der Waals surface area contributed by atoms with Crippen LogP contribution < -0.4 is 0 Å². The van der Waals surface area contributed by atoms with Crippen LogP contribution in [-0.2, 0) is 65.4 Å². The minimum absolute atomic E-state index is 0.0149. The van der Waals surface area contributed by atoms with Gasteiger partial charge >= 0.3 is 39.5 Å². The third kappa shape index (κ3) is 73.0. The zero-order valence-corrected chi connectivity index (χ0v) is 65.0.